The van der Waals surface area contributed by atoms with E-state index in [1.807, 2.05) is 6.07 Å². The van der Waals surface area contributed by atoms with Crippen molar-refractivity contribution in [2.45, 2.75) is 25.7 Å². The number of anilines is 2. The van der Waals surface area contributed by atoms with E-state index in [1.54, 1.807) is 24.3 Å². The van der Waals surface area contributed by atoms with Gasteiger partial charge in [-0.1, -0.05) is 25.0 Å². The number of rotatable bonds is 8. The predicted molar refractivity (Wildman–Crippen MR) is 130 cm³/mol. The molecule has 186 valence electrons. The fourth-order valence-corrected chi connectivity index (χ4v) is 4.21. The summed E-state index contributed by atoms with van der Waals surface area (Å²) in [5.74, 6) is -1.31. The summed E-state index contributed by atoms with van der Waals surface area (Å²) >= 11 is 0. The molecule has 0 saturated heterocycles. The van der Waals surface area contributed by atoms with Crippen LogP contribution in [0, 0.1) is 17.2 Å². The number of nitrogens with zero attached hydrogens (tertiary/aromatic N) is 1. The second-order valence-corrected chi connectivity index (χ2v) is 8.26. The van der Waals surface area contributed by atoms with Gasteiger partial charge in [-0.25, -0.2) is 4.79 Å². The quantitative estimate of drug-likeness (QED) is 0.446. The molecule has 0 atom stereocenters. The van der Waals surface area contributed by atoms with Crippen LogP contribution in [0.15, 0.2) is 40.8 Å². The second-order valence-electron chi connectivity index (χ2n) is 8.26. The summed E-state index contributed by atoms with van der Waals surface area (Å²) in [6.45, 7) is -0.631. The smallest absolute Gasteiger partial charge is 0.340 e. The maximum absolute atomic E-state index is 13.0. The minimum Gasteiger partial charge on any atom is -0.493 e. The molecule has 1 fully saturated rings. The summed E-state index contributed by atoms with van der Waals surface area (Å²) in [5, 5.41) is 15.2. The van der Waals surface area contributed by atoms with Crippen LogP contribution in [-0.4, -0.2) is 38.6 Å². The first-order chi connectivity index (χ1) is 17.4. The molecule has 0 unspecified atom stereocenters. The van der Waals surface area contributed by atoms with Crippen molar-refractivity contribution in [2.24, 2.45) is 5.92 Å². The van der Waals surface area contributed by atoms with Gasteiger partial charge in [-0.05, 0) is 25.0 Å². The largest absolute Gasteiger partial charge is 0.493 e. The number of nitriles is 1. The summed E-state index contributed by atoms with van der Waals surface area (Å²) in [5.41, 5.74) is 0.847. The lowest BCUT2D eigenvalue weighted by molar-refractivity contribution is -0.120. The molecule has 0 spiro atoms. The highest BCUT2D eigenvalue weighted by Crippen LogP contribution is 2.35. The van der Waals surface area contributed by atoms with Crippen LogP contribution in [-0.2, 0) is 14.3 Å². The molecule has 1 aromatic heterocycles. The average molecular weight is 492 g/mol. The van der Waals surface area contributed by atoms with Gasteiger partial charge in [-0.3, -0.25) is 9.59 Å². The van der Waals surface area contributed by atoms with Gasteiger partial charge in [0.2, 0.25) is 11.7 Å². The number of fused-ring (bicyclic) bond motifs is 1. The zero-order chi connectivity index (χ0) is 25.7. The van der Waals surface area contributed by atoms with E-state index in [0.717, 1.165) is 25.7 Å². The highest BCUT2D eigenvalue weighted by molar-refractivity contribution is 6.06. The van der Waals surface area contributed by atoms with Crippen molar-refractivity contribution in [1.82, 2.24) is 0 Å². The molecule has 1 aliphatic rings. The lowest BCUT2D eigenvalue weighted by atomic mass is 10.1. The summed E-state index contributed by atoms with van der Waals surface area (Å²) < 4.78 is 21.3. The first-order valence-corrected chi connectivity index (χ1v) is 11.4. The number of nitrogens with one attached hydrogen (secondary N) is 2. The van der Waals surface area contributed by atoms with Crippen molar-refractivity contribution < 1.29 is 33.0 Å². The molecule has 0 aliphatic heterocycles. The monoisotopic (exact) mass is 491 g/mol. The lowest BCUT2D eigenvalue weighted by Gasteiger charge is -2.17. The van der Waals surface area contributed by atoms with Gasteiger partial charge in [-0.2, -0.15) is 5.26 Å². The third kappa shape index (κ3) is 5.10. The number of amides is 2. The molecule has 36 heavy (non-hydrogen) atoms. The Morgan fingerprint density at radius 2 is 1.75 bits per heavy atom. The number of para-hydroxylation sites is 1. The normalized spacial score (nSPS) is 13.1. The molecule has 2 amide bonds. The van der Waals surface area contributed by atoms with E-state index < -0.39 is 18.5 Å². The third-order valence-corrected chi connectivity index (χ3v) is 6.02. The molecule has 1 saturated carbocycles. The Bertz CT molecular complexity index is 1350. The number of hydrogen-bond acceptors (Lipinski definition) is 8. The van der Waals surface area contributed by atoms with Crippen LogP contribution in [0.25, 0.3) is 11.0 Å². The van der Waals surface area contributed by atoms with Crippen molar-refractivity contribution in [3.63, 3.8) is 0 Å². The first-order valence-electron chi connectivity index (χ1n) is 11.4. The Hall–Kier alpha value is -4.52. The van der Waals surface area contributed by atoms with Gasteiger partial charge in [0.05, 0.1) is 25.5 Å². The minimum absolute atomic E-state index is 0.0123. The molecule has 0 radical (unpaired) electrons. The summed E-state index contributed by atoms with van der Waals surface area (Å²) in [6.07, 6.45) is 3.53. The van der Waals surface area contributed by atoms with E-state index in [4.69, 9.17) is 18.6 Å². The molecule has 10 heteroatoms. The maximum atomic E-state index is 13.0. The maximum Gasteiger partial charge on any atom is 0.340 e. The number of carbonyl (C=O) groups excluding carboxylic acids is 3. The van der Waals surface area contributed by atoms with Gasteiger partial charge in [-0.15, -0.1) is 0 Å². The van der Waals surface area contributed by atoms with Crippen molar-refractivity contribution in [3.05, 3.63) is 47.7 Å². The van der Waals surface area contributed by atoms with E-state index in [-0.39, 0.29) is 40.3 Å². The molecule has 3 aromatic rings. The van der Waals surface area contributed by atoms with Gasteiger partial charge in [0.25, 0.3) is 5.91 Å². The molecule has 1 aliphatic carbocycles. The molecular weight excluding hydrogens is 466 g/mol. The van der Waals surface area contributed by atoms with Crippen molar-refractivity contribution in [1.29, 1.82) is 5.26 Å². The highest BCUT2D eigenvalue weighted by atomic mass is 16.5. The number of hydrogen-bond donors (Lipinski definition) is 2. The topological polar surface area (TPSA) is 140 Å². The predicted octanol–water partition coefficient (Wildman–Crippen LogP) is 4.25. The van der Waals surface area contributed by atoms with Crippen LogP contribution < -0.4 is 20.1 Å². The number of ether oxygens (including phenoxy) is 3. The van der Waals surface area contributed by atoms with Crippen LogP contribution in [0.4, 0.5) is 11.4 Å². The fourth-order valence-electron chi connectivity index (χ4n) is 4.21. The van der Waals surface area contributed by atoms with Crippen molar-refractivity contribution in [2.75, 3.05) is 31.5 Å². The van der Waals surface area contributed by atoms with Crippen molar-refractivity contribution >= 4 is 40.1 Å². The van der Waals surface area contributed by atoms with Crippen LogP contribution in [0.1, 0.15) is 41.8 Å². The number of furan rings is 1. The average Bonchev–Trinajstić information content (AvgIpc) is 3.55. The van der Waals surface area contributed by atoms with E-state index in [2.05, 4.69) is 10.6 Å². The molecule has 1 heterocycles. The van der Waals surface area contributed by atoms with Crippen molar-refractivity contribution in [3.8, 4) is 17.6 Å². The molecular formula is C26H25N3O7. The lowest BCUT2D eigenvalue weighted by Crippen LogP contribution is -2.24. The number of carbonyl (C=O) groups is 3. The van der Waals surface area contributed by atoms with Gasteiger partial charge in [0, 0.05) is 23.4 Å². The molecule has 2 N–H and O–H groups in total. The third-order valence-electron chi connectivity index (χ3n) is 6.02. The van der Waals surface area contributed by atoms with Gasteiger partial charge in [0.15, 0.2) is 18.1 Å². The number of benzene rings is 2. The van der Waals surface area contributed by atoms with Gasteiger partial charge >= 0.3 is 5.97 Å². The first kappa shape index (κ1) is 24.6. The number of esters is 1. The van der Waals surface area contributed by atoms with E-state index in [0.29, 0.717) is 16.7 Å². The standard InChI is InChI=1S/C26H25N3O7/c1-33-20-11-17(18(12-21(20)34-2)28-25(31)15-7-3-4-8-15)26(32)35-14-23(30)29-24-16-9-5-6-10-19(16)36-22(24)13-27/h5-6,9-12,15H,3-4,7-8,14H2,1-2H3,(H,28,31)(H,29,30). The Labute approximate surface area is 207 Å². The zero-order valence-corrected chi connectivity index (χ0v) is 19.9. The Morgan fingerprint density at radius 1 is 1.06 bits per heavy atom. The highest BCUT2D eigenvalue weighted by Gasteiger charge is 2.26. The van der Waals surface area contributed by atoms with E-state index >= 15 is 0 Å². The molecule has 4 rings (SSSR count). The number of methoxy groups -OCH3 is 2. The fraction of sp³-hybridized carbons (Fsp3) is 0.308. The summed E-state index contributed by atoms with van der Waals surface area (Å²) in [6, 6.07) is 11.6. The van der Waals surface area contributed by atoms with Crippen LogP contribution in [0.5, 0.6) is 11.5 Å². The van der Waals surface area contributed by atoms with Crippen LogP contribution >= 0.6 is 0 Å². The van der Waals surface area contributed by atoms with Gasteiger partial charge in [0.1, 0.15) is 17.3 Å². The summed E-state index contributed by atoms with van der Waals surface area (Å²) in [7, 11) is 2.86. The Kier molecular flexibility index (Phi) is 7.39. The summed E-state index contributed by atoms with van der Waals surface area (Å²) in [4.78, 5) is 38.2. The Balaban J connectivity index is 1.51. The Morgan fingerprint density at radius 3 is 2.44 bits per heavy atom. The molecule has 10 nitrogen and oxygen atoms in total. The molecule has 0 bridgehead atoms. The molecule has 2 aromatic carbocycles. The van der Waals surface area contributed by atoms with Crippen LogP contribution in [0.3, 0.4) is 0 Å². The zero-order valence-electron chi connectivity index (χ0n) is 19.9. The van der Waals surface area contributed by atoms with E-state index in [1.165, 1.54) is 26.4 Å². The second kappa shape index (κ2) is 10.8. The SMILES string of the molecule is COc1cc(NC(=O)C2CCCC2)c(C(=O)OCC(=O)Nc2c(C#N)oc3ccccc23)cc1OC. The van der Waals surface area contributed by atoms with E-state index in [9.17, 15) is 19.6 Å². The van der Waals surface area contributed by atoms with Crippen LogP contribution in [0.2, 0.25) is 0 Å². The van der Waals surface area contributed by atoms with Gasteiger partial charge < -0.3 is 29.3 Å². The minimum atomic E-state index is -0.842.